The first-order valence-electron chi connectivity index (χ1n) is 11.0. The van der Waals surface area contributed by atoms with Crippen LogP contribution in [0, 0.1) is 20.2 Å². The van der Waals surface area contributed by atoms with Crippen LogP contribution in [0.15, 0.2) is 71.6 Å². The summed E-state index contributed by atoms with van der Waals surface area (Å²) in [4.78, 5) is 47.7. The summed E-state index contributed by atoms with van der Waals surface area (Å²) in [5.74, 6) is -0.340. The molecule has 12 nitrogen and oxygen atoms in total. The lowest BCUT2D eigenvalue weighted by molar-refractivity contribution is -0.385. The summed E-state index contributed by atoms with van der Waals surface area (Å²) in [6.45, 7) is -0.383. The van der Waals surface area contributed by atoms with E-state index in [0.29, 0.717) is 21.9 Å². The van der Waals surface area contributed by atoms with Crippen LogP contribution >= 0.6 is 24.0 Å². The Morgan fingerprint density at radius 1 is 1.03 bits per heavy atom. The van der Waals surface area contributed by atoms with E-state index in [-0.39, 0.29) is 39.6 Å². The van der Waals surface area contributed by atoms with Gasteiger partial charge in [0.2, 0.25) is 0 Å². The number of rotatable bonds is 9. The van der Waals surface area contributed by atoms with Crippen LogP contribution < -0.4 is 19.7 Å². The van der Waals surface area contributed by atoms with E-state index in [9.17, 15) is 29.8 Å². The highest BCUT2D eigenvalue weighted by atomic mass is 32.2. The van der Waals surface area contributed by atoms with Gasteiger partial charge in [0, 0.05) is 30.0 Å². The van der Waals surface area contributed by atoms with Crippen molar-refractivity contribution in [2.24, 2.45) is 0 Å². The second-order valence-corrected chi connectivity index (χ2v) is 9.52. The smallest absolute Gasteiger partial charge is 0.271 e. The number of nitrogens with zero attached hydrogens (tertiary/aromatic N) is 3. The summed E-state index contributed by atoms with van der Waals surface area (Å²) >= 11 is 6.43. The summed E-state index contributed by atoms with van der Waals surface area (Å²) in [5, 5.41) is 24.3. The molecule has 2 amide bonds. The number of non-ortho nitro benzene ring substituents is 2. The highest BCUT2D eigenvalue weighted by Gasteiger charge is 2.33. The molecule has 1 aliphatic rings. The van der Waals surface area contributed by atoms with Crippen molar-refractivity contribution in [2.45, 2.75) is 0 Å². The third-order valence-electron chi connectivity index (χ3n) is 5.30. The fourth-order valence-corrected chi connectivity index (χ4v) is 4.79. The highest BCUT2D eigenvalue weighted by molar-refractivity contribution is 8.27. The molecule has 198 valence electrons. The number of carbonyl (C=O) groups is 2. The molecular formula is C25H18N4O8S2. The van der Waals surface area contributed by atoms with Crippen molar-refractivity contribution < 1.29 is 28.9 Å². The van der Waals surface area contributed by atoms with Gasteiger partial charge in [0.15, 0.2) is 22.4 Å². The maximum atomic E-state index is 13.0. The highest BCUT2D eigenvalue weighted by Crippen LogP contribution is 2.37. The molecule has 0 unspecified atom stereocenters. The average Bonchev–Trinajstić information content (AvgIpc) is 3.20. The number of nitro groups is 2. The summed E-state index contributed by atoms with van der Waals surface area (Å²) in [5.41, 5.74) is 1.01. The molecule has 0 spiro atoms. The maximum absolute atomic E-state index is 13.0. The van der Waals surface area contributed by atoms with Crippen molar-refractivity contribution in [1.82, 2.24) is 0 Å². The largest absolute Gasteiger partial charge is 0.493 e. The van der Waals surface area contributed by atoms with Crippen LogP contribution in [0.3, 0.4) is 0 Å². The number of thioether (sulfide) groups is 1. The Morgan fingerprint density at radius 3 is 2.41 bits per heavy atom. The Kier molecular flexibility index (Phi) is 8.17. The van der Waals surface area contributed by atoms with Crippen LogP contribution in [0.25, 0.3) is 6.08 Å². The van der Waals surface area contributed by atoms with Gasteiger partial charge < -0.3 is 14.8 Å². The lowest BCUT2D eigenvalue weighted by Crippen LogP contribution is -2.27. The van der Waals surface area contributed by atoms with Crippen molar-refractivity contribution in [2.75, 3.05) is 23.9 Å². The van der Waals surface area contributed by atoms with E-state index in [1.807, 2.05) is 0 Å². The minimum Gasteiger partial charge on any atom is -0.493 e. The van der Waals surface area contributed by atoms with E-state index < -0.39 is 15.8 Å². The summed E-state index contributed by atoms with van der Waals surface area (Å²) in [7, 11) is 1.42. The van der Waals surface area contributed by atoms with Crippen molar-refractivity contribution in [1.29, 1.82) is 0 Å². The van der Waals surface area contributed by atoms with Crippen LogP contribution in [0.1, 0.15) is 5.56 Å². The van der Waals surface area contributed by atoms with E-state index in [4.69, 9.17) is 21.7 Å². The van der Waals surface area contributed by atoms with E-state index in [2.05, 4.69) is 5.32 Å². The van der Waals surface area contributed by atoms with Gasteiger partial charge in [0.1, 0.15) is 0 Å². The number of thiocarbonyl (C=S) groups is 1. The average molecular weight is 567 g/mol. The van der Waals surface area contributed by atoms with E-state index in [1.165, 1.54) is 60.5 Å². The maximum Gasteiger partial charge on any atom is 0.271 e. The standard InChI is InChI=1S/C25H18N4O8S2/c1-36-21-11-15(5-10-20(21)37-14-23(30)26-16-3-2-4-19(13-16)29(34)35)12-22-24(31)27(25(38)39-22)17-6-8-18(9-7-17)28(32)33/h2-13H,14H2,1H3,(H,26,30)/b22-12+. The predicted octanol–water partition coefficient (Wildman–Crippen LogP) is 4.93. The molecule has 1 fully saturated rings. The first-order valence-corrected chi connectivity index (χ1v) is 12.3. The lowest BCUT2D eigenvalue weighted by Gasteiger charge is -2.14. The van der Waals surface area contributed by atoms with Gasteiger partial charge >= 0.3 is 0 Å². The van der Waals surface area contributed by atoms with Crippen LogP contribution in [0.5, 0.6) is 11.5 Å². The molecule has 14 heteroatoms. The Hall–Kier alpha value is -4.82. The molecule has 1 aliphatic heterocycles. The Morgan fingerprint density at radius 2 is 1.74 bits per heavy atom. The van der Waals surface area contributed by atoms with E-state index in [0.717, 1.165) is 11.8 Å². The molecule has 1 heterocycles. The second kappa shape index (κ2) is 11.7. The molecule has 3 aromatic carbocycles. The quantitative estimate of drug-likeness (QED) is 0.163. The van der Waals surface area contributed by atoms with Gasteiger partial charge in [-0.3, -0.25) is 34.7 Å². The number of benzene rings is 3. The predicted molar refractivity (Wildman–Crippen MR) is 149 cm³/mol. The summed E-state index contributed by atoms with van der Waals surface area (Å²) in [6, 6.07) is 15.9. The second-order valence-electron chi connectivity index (χ2n) is 7.85. The molecule has 0 aliphatic carbocycles. The van der Waals surface area contributed by atoms with Gasteiger partial charge in [-0.15, -0.1) is 0 Å². The molecule has 4 rings (SSSR count). The van der Waals surface area contributed by atoms with Crippen LogP contribution in [-0.2, 0) is 9.59 Å². The van der Waals surface area contributed by atoms with Crippen molar-refractivity contribution in [3.63, 3.8) is 0 Å². The van der Waals surface area contributed by atoms with Gasteiger partial charge in [-0.2, -0.15) is 0 Å². The first kappa shape index (κ1) is 27.2. The molecule has 0 saturated carbocycles. The summed E-state index contributed by atoms with van der Waals surface area (Å²) < 4.78 is 11.2. The number of ether oxygens (including phenoxy) is 2. The normalized spacial score (nSPS) is 13.9. The van der Waals surface area contributed by atoms with Gasteiger partial charge in [-0.1, -0.05) is 36.1 Å². The number of hydrogen-bond acceptors (Lipinski definition) is 10. The zero-order chi connectivity index (χ0) is 28.1. The Balaban J connectivity index is 1.44. The Labute approximate surface area is 230 Å². The van der Waals surface area contributed by atoms with Gasteiger partial charge in [-0.05, 0) is 42.0 Å². The molecule has 0 atom stereocenters. The molecule has 0 bridgehead atoms. The SMILES string of the molecule is COc1cc(/C=C2/SC(=S)N(c3ccc([N+](=O)[O-])cc3)C2=O)ccc1OCC(=O)Nc1cccc([N+](=O)[O-])c1. The number of methoxy groups -OCH3 is 1. The van der Waals surface area contributed by atoms with Crippen molar-refractivity contribution in [3.05, 3.63) is 97.4 Å². The topological polar surface area (TPSA) is 154 Å². The number of hydrogen-bond donors (Lipinski definition) is 1. The van der Waals surface area contributed by atoms with Crippen molar-refractivity contribution in [3.8, 4) is 11.5 Å². The third-order valence-corrected chi connectivity index (χ3v) is 6.60. The molecular weight excluding hydrogens is 548 g/mol. The monoisotopic (exact) mass is 566 g/mol. The number of nitro benzene ring substituents is 2. The van der Waals surface area contributed by atoms with Gasteiger partial charge in [-0.25, -0.2) is 0 Å². The molecule has 0 aromatic heterocycles. The van der Waals surface area contributed by atoms with Gasteiger partial charge in [0.05, 0.1) is 27.5 Å². The lowest BCUT2D eigenvalue weighted by atomic mass is 10.1. The van der Waals surface area contributed by atoms with Crippen LogP contribution in [-0.4, -0.2) is 39.7 Å². The number of carbonyl (C=O) groups excluding carboxylic acids is 2. The fraction of sp³-hybridized carbons (Fsp3) is 0.0800. The first-order chi connectivity index (χ1) is 18.7. The number of nitrogens with one attached hydrogen (secondary N) is 1. The summed E-state index contributed by atoms with van der Waals surface area (Å²) in [6.07, 6.45) is 1.62. The van der Waals surface area contributed by atoms with E-state index in [1.54, 1.807) is 24.3 Å². The fourth-order valence-electron chi connectivity index (χ4n) is 3.50. The molecule has 1 N–H and O–H groups in total. The zero-order valence-electron chi connectivity index (χ0n) is 20.1. The third kappa shape index (κ3) is 6.37. The zero-order valence-corrected chi connectivity index (χ0v) is 21.7. The van der Waals surface area contributed by atoms with Crippen LogP contribution in [0.4, 0.5) is 22.7 Å². The van der Waals surface area contributed by atoms with E-state index >= 15 is 0 Å². The minimum absolute atomic E-state index is 0.101. The molecule has 1 saturated heterocycles. The molecule has 39 heavy (non-hydrogen) atoms. The van der Waals surface area contributed by atoms with Crippen LogP contribution in [0.2, 0.25) is 0 Å². The molecule has 0 radical (unpaired) electrons. The van der Waals surface area contributed by atoms with Crippen molar-refractivity contribution >= 4 is 68.9 Å². The number of amides is 2. The molecule has 3 aromatic rings. The minimum atomic E-state index is -0.563. The van der Waals surface area contributed by atoms with Gasteiger partial charge in [0.25, 0.3) is 23.2 Å². The Bertz CT molecular complexity index is 1520. The number of anilines is 2.